The predicted molar refractivity (Wildman–Crippen MR) is 84.6 cm³/mol. The van der Waals surface area contributed by atoms with Crippen LogP contribution in [0.4, 0.5) is 0 Å². The molecule has 0 atom stereocenters. The molecule has 1 N–H and O–H groups in total. The van der Waals surface area contributed by atoms with Crippen molar-refractivity contribution in [1.82, 2.24) is 5.32 Å². The Morgan fingerprint density at radius 2 is 1.95 bits per heavy atom. The van der Waals surface area contributed by atoms with Crippen LogP contribution in [-0.4, -0.2) is 33.4 Å². The van der Waals surface area contributed by atoms with E-state index < -0.39 is 0 Å². The molecule has 0 heterocycles. The average molecular weight is 279 g/mol. The van der Waals surface area contributed by atoms with E-state index in [4.69, 9.17) is 9.47 Å². The molecular formula is C17H29NO2. The van der Waals surface area contributed by atoms with Crippen LogP contribution in [0.2, 0.25) is 0 Å². The van der Waals surface area contributed by atoms with E-state index >= 15 is 0 Å². The molecule has 20 heavy (non-hydrogen) atoms. The highest BCUT2D eigenvalue weighted by atomic mass is 16.5. The molecule has 0 aliphatic rings. The van der Waals surface area contributed by atoms with Crippen molar-refractivity contribution >= 4 is 0 Å². The van der Waals surface area contributed by atoms with Crippen LogP contribution >= 0.6 is 0 Å². The zero-order chi connectivity index (χ0) is 14.6. The Hall–Kier alpha value is -1.06. The molecule has 0 saturated heterocycles. The third kappa shape index (κ3) is 6.92. The summed E-state index contributed by atoms with van der Waals surface area (Å²) in [5, 5.41) is 3.38. The molecule has 0 bridgehead atoms. The summed E-state index contributed by atoms with van der Waals surface area (Å²) in [6, 6.07) is 6.47. The molecule has 0 aliphatic heterocycles. The van der Waals surface area contributed by atoms with Gasteiger partial charge < -0.3 is 14.8 Å². The number of ether oxygens (including phenoxy) is 2. The maximum Gasteiger partial charge on any atom is 0.122 e. The second-order valence-corrected chi connectivity index (χ2v) is 5.10. The fraction of sp³-hybridized carbons (Fsp3) is 0.647. The normalized spacial score (nSPS) is 10.8. The quantitative estimate of drug-likeness (QED) is 0.630. The number of nitrogens with one attached hydrogen (secondary N) is 1. The number of hydrogen-bond acceptors (Lipinski definition) is 3. The van der Waals surface area contributed by atoms with E-state index in [-0.39, 0.29) is 0 Å². The van der Waals surface area contributed by atoms with Crippen molar-refractivity contribution in [2.75, 3.05) is 33.4 Å². The highest BCUT2D eigenvalue weighted by Crippen LogP contribution is 2.22. The van der Waals surface area contributed by atoms with E-state index in [0.717, 1.165) is 38.5 Å². The van der Waals surface area contributed by atoms with Gasteiger partial charge in [-0.2, -0.15) is 0 Å². The summed E-state index contributed by atoms with van der Waals surface area (Å²) in [6.45, 7) is 7.73. The fourth-order valence-electron chi connectivity index (χ4n) is 2.24. The van der Waals surface area contributed by atoms with Gasteiger partial charge in [0.25, 0.3) is 0 Å². The van der Waals surface area contributed by atoms with Crippen molar-refractivity contribution < 1.29 is 9.47 Å². The lowest BCUT2D eigenvalue weighted by molar-refractivity contribution is 0.199. The van der Waals surface area contributed by atoms with Crippen LogP contribution in [0.15, 0.2) is 18.2 Å². The molecule has 0 aromatic heterocycles. The van der Waals surface area contributed by atoms with E-state index in [1.54, 1.807) is 7.11 Å². The minimum Gasteiger partial charge on any atom is -0.494 e. The van der Waals surface area contributed by atoms with Gasteiger partial charge in [-0.25, -0.2) is 0 Å². The van der Waals surface area contributed by atoms with Gasteiger partial charge in [0.05, 0.1) is 13.2 Å². The van der Waals surface area contributed by atoms with Gasteiger partial charge in [0, 0.05) is 13.7 Å². The van der Waals surface area contributed by atoms with Gasteiger partial charge in [-0.05, 0) is 51.3 Å². The molecule has 3 nitrogen and oxygen atoms in total. The Kier molecular flexibility index (Phi) is 9.09. The highest BCUT2D eigenvalue weighted by molar-refractivity contribution is 5.36. The molecule has 1 aromatic carbocycles. The van der Waals surface area contributed by atoms with Gasteiger partial charge in [-0.3, -0.25) is 0 Å². The van der Waals surface area contributed by atoms with Crippen LogP contribution in [0.1, 0.15) is 37.3 Å². The number of aryl methyl sites for hydroxylation is 2. The average Bonchev–Trinajstić information content (AvgIpc) is 2.44. The maximum absolute atomic E-state index is 5.69. The zero-order valence-electron chi connectivity index (χ0n) is 13.2. The maximum atomic E-state index is 5.69. The molecule has 0 unspecified atom stereocenters. The zero-order valence-corrected chi connectivity index (χ0v) is 13.2. The summed E-state index contributed by atoms with van der Waals surface area (Å²) in [5.41, 5.74) is 2.66. The molecule has 114 valence electrons. The molecule has 0 aliphatic carbocycles. The van der Waals surface area contributed by atoms with E-state index in [9.17, 15) is 0 Å². The van der Waals surface area contributed by atoms with Gasteiger partial charge in [-0.15, -0.1) is 0 Å². The third-order valence-corrected chi connectivity index (χ3v) is 3.30. The van der Waals surface area contributed by atoms with Crippen molar-refractivity contribution in [2.24, 2.45) is 0 Å². The minimum absolute atomic E-state index is 0.736. The van der Waals surface area contributed by atoms with Crippen LogP contribution in [0.5, 0.6) is 5.75 Å². The summed E-state index contributed by atoms with van der Waals surface area (Å²) in [7, 11) is 1.74. The second-order valence-electron chi connectivity index (χ2n) is 5.10. The van der Waals surface area contributed by atoms with Crippen molar-refractivity contribution in [2.45, 2.75) is 39.5 Å². The summed E-state index contributed by atoms with van der Waals surface area (Å²) in [4.78, 5) is 0. The van der Waals surface area contributed by atoms with Crippen LogP contribution in [-0.2, 0) is 11.2 Å². The fourth-order valence-corrected chi connectivity index (χ4v) is 2.24. The first-order valence-electron chi connectivity index (χ1n) is 7.70. The van der Waals surface area contributed by atoms with Gasteiger partial charge >= 0.3 is 0 Å². The van der Waals surface area contributed by atoms with E-state index in [0.29, 0.717) is 0 Å². The van der Waals surface area contributed by atoms with Crippen molar-refractivity contribution in [3.63, 3.8) is 0 Å². The summed E-state index contributed by atoms with van der Waals surface area (Å²) in [5.74, 6) is 1.05. The van der Waals surface area contributed by atoms with Gasteiger partial charge in [0.1, 0.15) is 5.75 Å². The Morgan fingerprint density at radius 3 is 2.70 bits per heavy atom. The Bertz CT molecular complexity index is 366. The molecule has 0 fully saturated rings. The largest absolute Gasteiger partial charge is 0.494 e. The van der Waals surface area contributed by atoms with Gasteiger partial charge in [-0.1, -0.05) is 24.1 Å². The lowest BCUT2D eigenvalue weighted by Crippen LogP contribution is -2.20. The van der Waals surface area contributed by atoms with E-state index in [2.05, 4.69) is 30.4 Å². The van der Waals surface area contributed by atoms with E-state index in [1.807, 2.05) is 6.92 Å². The first-order valence-corrected chi connectivity index (χ1v) is 7.70. The van der Waals surface area contributed by atoms with Crippen molar-refractivity contribution in [1.29, 1.82) is 0 Å². The molecule has 0 radical (unpaired) electrons. The first-order chi connectivity index (χ1) is 9.77. The van der Waals surface area contributed by atoms with Gasteiger partial charge in [0.2, 0.25) is 0 Å². The lowest BCUT2D eigenvalue weighted by atomic mass is 10.0. The smallest absolute Gasteiger partial charge is 0.122 e. The molecule has 0 saturated carbocycles. The number of methoxy groups -OCH3 is 1. The Morgan fingerprint density at radius 1 is 1.10 bits per heavy atom. The number of hydrogen-bond donors (Lipinski definition) is 1. The Balaban J connectivity index is 2.22. The van der Waals surface area contributed by atoms with Crippen LogP contribution < -0.4 is 10.1 Å². The monoisotopic (exact) mass is 279 g/mol. The summed E-state index contributed by atoms with van der Waals surface area (Å²) < 4.78 is 10.7. The topological polar surface area (TPSA) is 30.5 Å². The van der Waals surface area contributed by atoms with Crippen LogP contribution in [0.25, 0.3) is 0 Å². The number of unbranched alkanes of at least 4 members (excludes halogenated alkanes) is 2. The van der Waals surface area contributed by atoms with Crippen LogP contribution in [0, 0.1) is 6.92 Å². The van der Waals surface area contributed by atoms with E-state index in [1.165, 1.54) is 30.4 Å². The van der Waals surface area contributed by atoms with Crippen molar-refractivity contribution in [3.8, 4) is 5.75 Å². The molecular weight excluding hydrogens is 250 g/mol. The molecule has 3 heteroatoms. The molecule has 1 aromatic rings. The standard InChI is InChI=1S/C17H29NO2/c1-4-20-17-10-9-15(2)14-16(17)8-6-5-7-11-18-12-13-19-3/h9-10,14,18H,4-8,11-13H2,1-3H3. The predicted octanol–water partition coefficient (Wildman–Crippen LogP) is 3.34. The first kappa shape index (κ1) is 17.0. The Labute approximate surface area is 123 Å². The summed E-state index contributed by atoms with van der Waals surface area (Å²) in [6.07, 6.45) is 4.80. The van der Waals surface area contributed by atoms with Gasteiger partial charge in [0.15, 0.2) is 0 Å². The molecule has 0 amide bonds. The summed E-state index contributed by atoms with van der Waals surface area (Å²) >= 11 is 0. The van der Waals surface area contributed by atoms with Crippen molar-refractivity contribution in [3.05, 3.63) is 29.3 Å². The molecule has 1 rings (SSSR count). The minimum atomic E-state index is 0.736. The molecule has 0 spiro atoms. The number of benzene rings is 1. The van der Waals surface area contributed by atoms with Crippen LogP contribution in [0.3, 0.4) is 0 Å². The third-order valence-electron chi connectivity index (χ3n) is 3.30. The second kappa shape index (κ2) is 10.7. The SMILES string of the molecule is CCOc1ccc(C)cc1CCCCCNCCOC. The number of rotatable bonds is 11. The lowest BCUT2D eigenvalue weighted by Gasteiger charge is -2.11. The highest BCUT2D eigenvalue weighted by Gasteiger charge is 2.03.